The molecule has 2 aliphatic heterocycles. The number of rotatable bonds is 3. The van der Waals surface area contributed by atoms with Crippen molar-refractivity contribution in [1.82, 2.24) is 5.32 Å². The lowest BCUT2D eigenvalue weighted by Crippen LogP contribution is -2.31. The van der Waals surface area contributed by atoms with E-state index in [1.54, 1.807) is 7.11 Å². The molecule has 2 aliphatic rings. The molecular formula is C21H25NO3. The molecule has 0 fully saturated rings. The lowest BCUT2D eigenvalue weighted by molar-refractivity contribution is 0.174. The zero-order valence-corrected chi connectivity index (χ0v) is 15.3. The van der Waals surface area contributed by atoms with Crippen LogP contribution in [0.15, 0.2) is 24.3 Å². The van der Waals surface area contributed by atoms with Crippen LogP contribution >= 0.6 is 0 Å². The minimum Gasteiger partial charge on any atom is -0.496 e. The van der Waals surface area contributed by atoms with E-state index >= 15 is 0 Å². The number of fused-ring (bicyclic) bond motifs is 2. The SMILES string of the molecule is COc1cc(C)c(C2NCCc3cc4c(cc32)OCO4)cc1C(C)C. The summed E-state index contributed by atoms with van der Waals surface area (Å²) in [6.45, 7) is 7.84. The molecule has 0 bridgehead atoms. The van der Waals surface area contributed by atoms with E-state index in [-0.39, 0.29) is 6.04 Å². The molecule has 2 aromatic rings. The third-order valence-electron chi connectivity index (χ3n) is 5.24. The van der Waals surface area contributed by atoms with Gasteiger partial charge in [-0.2, -0.15) is 0 Å². The van der Waals surface area contributed by atoms with E-state index in [9.17, 15) is 0 Å². The van der Waals surface area contributed by atoms with Crippen LogP contribution in [0, 0.1) is 6.92 Å². The third kappa shape index (κ3) is 2.74. The Balaban J connectivity index is 1.83. The smallest absolute Gasteiger partial charge is 0.231 e. The van der Waals surface area contributed by atoms with Crippen molar-refractivity contribution in [3.8, 4) is 17.2 Å². The van der Waals surface area contributed by atoms with E-state index in [2.05, 4.69) is 50.4 Å². The highest BCUT2D eigenvalue weighted by atomic mass is 16.7. The van der Waals surface area contributed by atoms with Crippen LogP contribution in [-0.2, 0) is 6.42 Å². The number of hydrogen-bond donors (Lipinski definition) is 1. The molecule has 4 nitrogen and oxygen atoms in total. The second-order valence-electron chi connectivity index (χ2n) is 7.15. The largest absolute Gasteiger partial charge is 0.496 e. The van der Waals surface area contributed by atoms with E-state index in [1.165, 1.54) is 27.8 Å². The Morgan fingerprint density at radius 3 is 2.56 bits per heavy atom. The number of methoxy groups -OCH3 is 1. The molecule has 0 saturated carbocycles. The molecule has 1 unspecified atom stereocenters. The van der Waals surface area contributed by atoms with Crippen molar-refractivity contribution in [2.45, 2.75) is 39.2 Å². The van der Waals surface area contributed by atoms with Gasteiger partial charge in [-0.3, -0.25) is 0 Å². The summed E-state index contributed by atoms with van der Waals surface area (Å²) in [5, 5.41) is 3.69. The lowest BCUT2D eigenvalue weighted by Gasteiger charge is -2.30. The Morgan fingerprint density at radius 1 is 1.08 bits per heavy atom. The van der Waals surface area contributed by atoms with E-state index in [0.29, 0.717) is 12.7 Å². The van der Waals surface area contributed by atoms with Gasteiger partial charge in [0.1, 0.15) is 5.75 Å². The van der Waals surface area contributed by atoms with Gasteiger partial charge in [-0.05, 0) is 71.3 Å². The van der Waals surface area contributed by atoms with Crippen molar-refractivity contribution in [3.63, 3.8) is 0 Å². The van der Waals surface area contributed by atoms with Crippen LogP contribution in [0.5, 0.6) is 17.2 Å². The zero-order valence-electron chi connectivity index (χ0n) is 15.3. The predicted molar refractivity (Wildman–Crippen MR) is 97.9 cm³/mol. The van der Waals surface area contributed by atoms with Gasteiger partial charge in [0.05, 0.1) is 13.2 Å². The van der Waals surface area contributed by atoms with Crippen molar-refractivity contribution in [2.24, 2.45) is 0 Å². The van der Waals surface area contributed by atoms with Crippen LogP contribution < -0.4 is 19.5 Å². The number of hydrogen-bond acceptors (Lipinski definition) is 4. The van der Waals surface area contributed by atoms with Gasteiger partial charge in [-0.15, -0.1) is 0 Å². The van der Waals surface area contributed by atoms with Gasteiger partial charge >= 0.3 is 0 Å². The van der Waals surface area contributed by atoms with Gasteiger partial charge in [0.25, 0.3) is 0 Å². The molecule has 2 heterocycles. The zero-order chi connectivity index (χ0) is 17.6. The van der Waals surface area contributed by atoms with Gasteiger partial charge in [0, 0.05) is 6.54 Å². The number of aryl methyl sites for hydroxylation is 1. The highest BCUT2D eigenvalue weighted by molar-refractivity contribution is 5.54. The number of nitrogens with one attached hydrogen (secondary N) is 1. The molecule has 1 atom stereocenters. The standard InChI is InChI=1S/C21H25NO3/c1-12(2)15-9-16(13(3)7-18(15)23-4)21-17-10-20-19(24-11-25-20)8-14(17)5-6-22-21/h7-10,12,21-22H,5-6,11H2,1-4H3. The topological polar surface area (TPSA) is 39.7 Å². The second kappa shape index (κ2) is 6.26. The highest BCUT2D eigenvalue weighted by Crippen LogP contribution is 2.41. The molecule has 0 spiro atoms. The van der Waals surface area contributed by atoms with E-state index in [4.69, 9.17) is 14.2 Å². The van der Waals surface area contributed by atoms with Gasteiger partial charge in [-0.1, -0.05) is 13.8 Å². The summed E-state index contributed by atoms with van der Waals surface area (Å²) in [6, 6.07) is 8.92. The van der Waals surface area contributed by atoms with E-state index in [0.717, 1.165) is 30.2 Å². The van der Waals surface area contributed by atoms with Crippen LogP contribution in [0.4, 0.5) is 0 Å². The lowest BCUT2D eigenvalue weighted by atomic mass is 9.85. The molecule has 4 heteroatoms. The third-order valence-corrected chi connectivity index (χ3v) is 5.24. The molecule has 2 aromatic carbocycles. The second-order valence-corrected chi connectivity index (χ2v) is 7.15. The summed E-state index contributed by atoms with van der Waals surface area (Å²) < 4.78 is 16.8. The minimum absolute atomic E-state index is 0.168. The summed E-state index contributed by atoms with van der Waals surface area (Å²) in [5.74, 6) is 3.10. The molecule has 0 radical (unpaired) electrons. The molecule has 4 rings (SSSR count). The van der Waals surface area contributed by atoms with Gasteiger partial charge in [0.15, 0.2) is 11.5 Å². The van der Waals surface area contributed by atoms with Crippen molar-refractivity contribution in [3.05, 3.63) is 52.1 Å². The normalized spacial score (nSPS) is 18.4. The predicted octanol–water partition coefficient (Wildman–Crippen LogP) is 4.09. The maximum absolute atomic E-state index is 5.61. The first-order valence-corrected chi connectivity index (χ1v) is 8.92. The molecule has 0 aliphatic carbocycles. The van der Waals surface area contributed by atoms with E-state index in [1.807, 2.05) is 0 Å². The van der Waals surface area contributed by atoms with Crippen molar-refractivity contribution >= 4 is 0 Å². The van der Waals surface area contributed by atoms with Crippen molar-refractivity contribution < 1.29 is 14.2 Å². The average molecular weight is 339 g/mol. The molecule has 25 heavy (non-hydrogen) atoms. The Labute approximate surface area is 149 Å². The fraction of sp³-hybridized carbons (Fsp3) is 0.429. The maximum Gasteiger partial charge on any atom is 0.231 e. The summed E-state index contributed by atoms with van der Waals surface area (Å²) in [4.78, 5) is 0. The maximum atomic E-state index is 5.61. The van der Waals surface area contributed by atoms with Crippen LogP contribution in [0.2, 0.25) is 0 Å². The van der Waals surface area contributed by atoms with Crippen LogP contribution in [0.3, 0.4) is 0 Å². The van der Waals surface area contributed by atoms with Gasteiger partial charge < -0.3 is 19.5 Å². The average Bonchev–Trinajstić information content (AvgIpc) is 3.06. The summed E-state index contributed by atoms with van der Waals surface area (Å²) in [6.07, 6.45) is 1.01. The minimum atomic E-state index is 0.168. The molecule has 0 saturated heterocycles. The Morgan fingerprint density at radius 2 is 1.84 bits per heavy atom. The van der Waals surface area contributed by atoms with Crippen LogP contribution in [0.25, 0.3) is 0 Å². The Kier molecular flexibility index (Phi) is 4.08. The van der Waals surface area contributed by atoms with Crippen LogP contribution in [-0.4, -0.2) is 20.4 Å². The molecule has 132 valence electrons. The fourth-order valence-corrected chi connectivity index (χ4v) is 3.88. The van der Waals surface area contributed by atoms with Crippen molar-refractivity contribution in [2.75, 3.05) is 20.4 Å². The highest BCUT2D eigenvalue weighted by Gasteiger charge is 2.27. The van der Waals surface area contributed by atoms with Gasteiger partial charge in [0.2, 0.25) is 6.79 Å². The molecule has 0 amide bonds. The Bertz CT molecular complexity index is 813. The number of ether oxygens (including phenoxy) is 3. The van der Waals surface area contributed by atoms with E-state index < -0.39 is 0 Å². The summed E-state index contributed by atoms with van der Waals surface area (Å²) in [5.41, 5.74) is 6.43. The molecule has 1 N–H and O–H groups in total. The van der Waals surface area contributed by atoms with Gasteiger partial charge in [-0.25, -0.2) is 0 Å². The summed E-state index contributed by atoms with van der Waals surface area (Å²) >= 11 is 0. The van der Waals surface area contributed by atoms with Crippen molar-refractivity contribution in [1.29, 1.82) is 0 Å². The molecule has 0 aromatic heterocycles. The first-order valence-electron chi connectivity index (χ1n) is 8.92. The monoisotopic (exact) mass is 339 g/mol. The Hall–Kier alpha value is -2.20. The van der Waals surface area contributed by atoms with Crippen LogP contribution in [0.1, 0.15) is 53.6 Å². The first kappa shape index (κ1) is 16.3. The quantitative estimate of drug-likeness (QED) is 0.914. The molecular weight excluding hydrogens is 314 g/mol. The fourth-order valence-electron chi connectivity index (χ4n) is 3.88. The number of benzene rings is 2. The summed E-state index contributed by atoms with van der Waals surface area (Å²) in [7, 11) is 1.75. The first-order chi connectivity index (χ1) is 12.1.